The zero-order valence-electron chi connectivity index (χ0n) is 18.5. The Balaban J connectivity index is 0.00000480. The van der Waals surface area contributed by atoms with Crippen molar-refractivity contribution in [2.24, 2.45) is 16.8 Å². The Hall–Kier alpha value is -1.94. The van der Waals surface area contributed by atoms with Gasteiger partial charge < -0.3 is 20.5 Å². The summed E-state index contributed by atoms with van der Waals surface area (Å²) in [6.45, 7) is 8.60. The van der Waals surface area contributed by atoms with Crippen molar-refractivity contribution in [3.63, 3.8) is 0 Å². The van der Waals surface area contributed by atoms with Gasteiger partial charge in [0.2, 0.25) is 5.88 Å². The highest BCUT2D eigenvalue weighted by molar-refractivity contribution is 14.0. The van der Waals surface area contributed by atoms with Crippen molar-refractivity contribution >= 4 is 29.9 Å². The van der Waals surface area contributed by atoms with Crippen LogP contribution < -0.4 is 15.4 Å². The summed E-state index contributed by atoms with van der Waals surface area (Å²) < 4.78 is 18.7. The molecule has 8 heteroatoms. The Labute approximate surface area is 201 Å². The predicted molar refractivity (Wildman–Crippen MR) is 134 cm³/mol. The van der Waals surface area contributed by atoms with E-state index in [1.165, 1.54) is 12.1 Å². The first kappa shape index (κ1) is 27.1. The number of aliphatic hydroxyl groups is 1. The van der Waals surface area contributed by atoms with Gasteiger partial charge >= 0.3 is 0 Å². The van der Waals surface area contributed by atoms with Gasteiger partial charge in [-0.1, -0.05) is 13.8 Å². The van der Waals surface area contributed by atoms with Gasteiger partial charge in [-0.05, 0) is 67.5 Å². The zero-order valence-corrected chi connectivity index (χ0v) is 20.8. The minimum atomic E-state index is -0.309. The number of hydrogen-bond donors (Lipinski definition) is 3. The van der Waals surface area contributed by atoms with E-state index in [1.54, 1.807) is 18.3 Å². The molecule has 172 valence electrons. The SMILES string of the molecule is CCNC(=NCc1ccnc(Oc2ccc(F)cc2)c1)NCC(CCO)CC(C)C.I. The van der Waals surface area contributed by atoms with Crippen molar-refractivity contribution in [2.45, 2.75) is 40.2 Å². The Morgan fingerprint density at radius 3 is 2.58 bits per heavy atom. The molecule has 0 radical (unpaired) electrons. The molecule has 6 nitrogen and oxygen atoms in total. The van der Waals surface area contributed by atoms with Crippen LogP contribution in [-0.2, 0) is 6.54 Å². The minimum Gasteiger partial charge on any atom is -0.439 e. The Morgan fingerprint density at radius 1 is 1.19 bits per heavy atom. The third-order valence-electron chi connectivity index (χ3n) is 4.50. The van der Waals surface area contributed by atoms with E-state index in [4.69, 9.17) is 4.74 Å². The van der Waals surface area contributed by atoms with E-state index in [-0.39, 0.29) is 36.4 Å². The molecule has 1 aromatic heterocycles. The third-order valence-corrected chi connectivity index (χ3v) is 4.50. The fourth-order valence-electron chi connectivity index (χ4n) is 3.13. The van der Waals surface area contributed by atoms with Gasteiger partial charge in [-0.2, -0.15) is 0 Å². The predicted octanol–water partition coefficient (Wildman–Crippen LogP) is 4.73. The fraction of sp³-hybridized carbons (Fsp3) is 0.478. The van der Waals surface area contributed by atoms with Crippen LogP contribution >= 0.6 is 24.0 Å². The number of halogens is 2. The average Bonchev–Trinajstić information content (AvgIpc) is 2.72. The number of nitrogens with one attached hydrogen (secondary N) is 2. The number of ether oxygens (including phenoxy) is 1. The van der Waals surface area contributed by atoms with Crippen molar-refractivity contribution in [2.75, 3.05) is 19.7 Å². The molecular formula is C23H34FIN4O2. The van der Waals surface area contributed by atoms with Crippen LogP contribution in [0.5, 0.6) is 11.6 Å². The summed E-state index contributed by atoms with van der Waals surface area (Å²) >= 11 is 0. The molecule has 0 spiro atoms. The summed E-state index contributed by atoms with van der Waals surface area (Å²) in [4.78, 5) is 8.86. The molecule has 2 aromatic rings. The number of aliphatic imine (C=N–C) groups is 1. The first-order chi connectivity index (χ1) is 14.5. The molecule has 0 aliphatic rings. The van der Waals surface area contributed by atoms with Crippen molar-refractivity contribution < 1.29 is 14.2 Å². The van der Waals surface area contributed by atoms with Gasteiger partial charge in [0, 0.05) is 32.0 Å². The summed E-state index contributed by atoms with van der Waals surface area (Å²) in [5, 5.41) is 15.9. The highest BCUT2D eigenvalue weighted by Gasteiger charge is 2.11. The van der Waals surface area contributed by atoms with Gasteiger partial charge in [0.1, 0.15) is 11.6 Å². The maximum Gasteiger partial charge on any atom is 0.219 e. The molecule has 1 heterocycles. The van der Waals surface area contributed by atoms with Crippen LogP contribution in [0.25, 0.3) is 0 Å². The Bertz CT molecular complexity index is 787. The van der Waals surface area contributed by atoms with Crippen LogP contribution in [0.4, 0.5) is 4.39 Å². The van der Waals surface area contributed by atoms with Gasteiger partial charge in [0.05, 0.1) is 6.54 Å². The number of benzene rings is 1. The zero-order chi connectivity index (χ0) is 21.8. The summed E-state index contributed by atoms with van der Waals surface area (Å²) in [5.74, 6) is 2.38. The maximum absolute atomic E-state index is 13.0. The number of aromatic nitrogens is 1. The van der Waals surface area contributed by atoms with Gasteiger partial charge in [0.25, 0.3) is 0 Å². The Kier molecular flexibility index (Phi) is 13.1. The number of hydrogen-bond acceptors (Lipinski definition) is 4. The summed E-state index contributed by atoms with van der Waals surface area (Å²) in [6.07, 6.45) is 3.50. The van der Waals surface area contributed by atoms with E-state index in [2.05, 4.69) is 34.5 Å². The summed E-state index contributed by atoms with van der Waals surface area (Å²) in [6, 6.07) is 9.54. The second-order valence-electron chi connectivity index (χ2n) is 7.64. The molecule has 0 fully saturated rings. The highest BCUT2D eigenvalue weighted by atomic mass is 127. The van der Waals surface area contributed by atoms with Crippen LogP contribution in [0.15, 0.2) is 47.6 Å². The van der Waals surface area contributed by atoms with Crippen LogP contribution in [0, 0.1) is 17.7 Å². The highest BCUT2D eigenvalue weighted by Crippen LogP contribution is 2.20. The van der Waals surface area contributed by atoms with E-state index in [0.717, 1.165) is 37.5 Å². The lowest BCUT2D eigenvalue weighted by atomic mass is 9.94. The minimum absolute atomic E-state index is 0. The van der Waals surface area contributed by atoms with Crippen LogP contribution in [-0.4, -0.2) is 35.7 Å². The molecule has 1 aromatic carbocycles. The fourth-order valence-corrected chi connectivity index (χ4v) is 3.13. The maximum atomic E-state index is 13.0. The van der Waals surface area contributed by atoms with E-state index < -0.39 is 0 Å². The number of aliphatic hydroxyl groups excluding tert-OH is 1. The molecule has 2 rings (SSSR count). The number of nitrogens with zero attached hydrogens (tertiary/aromatic N) is 2. The second kappa shape index (κ2) is 15.0. The molecular weight excluding hydrogens is 510 g/mol. The number of pyridine rings is 1. The van der Waals surface area contributed by atoms with Gasteiger partial charge in [-0.15, -0.1) is 24.0 Å². The molecule has 0 amide bonds. The summed E-state index contributed by atoms with van der Waals surface area (Å²) in [7, 11) is 0. The molecule has 1 atom stereocenters. The lowest BCUT2D eigenvalue weighted by molar-refractivity contribution is 0.243. The van der Waals surface area contributed by atoms with E-state index in [1.807, 2.05) is 19.1 Å². The lowest BCUT2D eigenvalue weighted by Crippen LogP contribution is -2.40. The molecule has 0 saturated carbocycles. The molecule has 3 N–H and O–H groups in total. The monoisotopic (exact) mass is 544 g/mol. The van der Waals surface area contributed by atoms with Crippen molar-refractivity contribution in [3.05, 3.63) is 54.0 Å². The normalized spacial score (nSPS) is 12.3. The van der Waals surface area contributed by atoms with Crippen LogP contribution in [0.3, 0.4) is 0 Å². The van der Waals surface area contributed by atoms with Crippen molar-refractivity contribution in [1.82, 2.24) is 15.6 Å². The summed E-state index contributed by atoms with van der Waals surface area (Å²) in [5.41, 5.74) is 0.952. The van der Waals surface area contributed by atoms with Gasteiger partial charge in [-0.3, -0.25) is 0 Å². The Morgan fingerprint density at radius 2 is 1.94 bits per heavy atom. The van der Waals surface area contributed by atoms with Gasteiger partial charge in [-0.25, -0.2) is 14.4 Å². The van der Waals surface area contributed by atoms with Crippen LogP contribution in [0.1, 0.15) is 39.2 Å². The molecule has 31 heavy (non-hydrogen) atoms. The topological polar surface area (TPSA) is 78.8 Å². The molecule has 0 aliphatic heterocycles. The van der Waals surface area contributed by atoms with E-state index >= 15 is 0 Å². The van der Waals surface area contributed by atoms with Crippen molar-refractivity contribution in [3.8, 4) is 11.6 Å². The third kappa shape index (κ3) is 10.8. The largest absolute Gasteiger partial charge is 0.439 e. The molecule has 0 bridgehead atoms. The molecule has 0 saturated heterocycles. The molecule has 1 unspecified atom stereocenters. The number of rotatable bonds is 11. The van der Waals surface area contributed by atoms with Crippen LogP contribution in [0.2, 0.25) is 0 Å². The quantitative estimate of drug-likeness (QED) is 0.217. The second-order valence-corrected chi connectivity index (χ2v) is 7.64. The average molecular weight is 544 g/mol. The smallest absolute Gasteiger partial charge is 0.219 e. The number of guanidine groups is 1. The molecule has 0 aliphatic carbocycles. The van der Waals surface area contributed by atoms with E-state index in [0.29, 0.717) is 30.0 Å². The van der Waals surface area contributed by atoms with Gasteiger partial charge in [0.15, 0.2) is 5.96 Å². The lowest BCUT2D eigenvalue weighted by Gasteiger charge is -2.20. The van der Waals surface area contributed by atoms with E-state index in [9.17, 15) is 9.50 Å². The standard InChI is InChI=1S/C23H33FN4O2.HI/c1-4-25-23(28-16-19(10-12-29)13-17(2)3)27-15-18-9-11-26-22(14-18)30-21-7-5-20(24)6-8-21;/h5-9,11,14,17,19,29H,4,10,12-13,15-16H2,1-3H3,(H2,25,27,28);1H. The van der Waals surface area contributed by atoms with Crippen molar-refractivity contribution in [1.29, 1.82) is 0 Å². The first-order valence-electron chi connectivity index (χ1n) is 10.5. The first-order valence-corrected chi connectivity index (χ1v) is 10.5.